The summed E-state index contributed by atoms with van der Waals surface area (Å²) in [5.41, 5.74) is 2.23. The number of likely N-dealkylation sites (N-methyl/N-ethyl adjacent to an activating group) is 2. The number of aliphatic imine (C=N–C) groups is 1. The van der Waals surface area contributed by atoms with Crippen LogP contribution in [-0.2, 0) is 0 Å². The number of thiazole rings is 1. The monoisotopic (exact) mass is 406 g/mol. The maximum Gasteiger partial charge on any atom is 0.188 e. The lowest BCUT2D eigenvalue weighted by atomic mass is 10.2. The van der Waals surface area contributed by atoms with Crippen LogP contribution < -0.4 is 5.32 Å². The second kappa shape index (κ2) is 10.4. The number of allylic oxidation sites excluding steroid dienone is 1. The molecule has 146 valence electrons. The minimum atomic E-state index is 0.475. The number of anilines is 1. The molecule has 0 aromatic carbocycles. The summed E-state index contributed by atoms with van der Waals surface area (Å²) >= 11 is 7.54. The van der Waals surface area contributed by atoms with E-state index in [4.69, 9.17) is 11.6 Å². The smallest absolute Gasteiger partial charge is 0.188 e. The zero-order chi connectivity index (χ0) is 19.8. The molecule has 0 aliphatic carbocycles. The normalized spacial score (nSPS) is 12.6. The lowest BCUT2D eigenvalue weighted by Gasteiger charge is -2.24. The number of aromatic nitrogens is 2. The number of nitrogens with one attached hydrogen (secondary N) is 1. The first-order valence-electron chi connectivity index (χ1n) is 8.81. The Hall–Kier alpha value is -1.96. The van der Waals surface area contributed by atoms with Gasteiger partial charge in [0.1, 0.15) is 11.0 Å². The van der Waals surface area contributed by atoms with E-state index in [0.717, 1.165) is 40.9 Å². The first-order valence-corrected chi connectivity index (χ1v) is 10.00. The quantitative estimate of drug-likeness (QED) is 0.406. The van der Waals surface area contributed by atoms with E-state index in [2.05, 4.69) is 64.2 Å². The molecule has 0 spiro atoms. The van der Waals surface area contributed by atoms with Crippen molar-refractivity contribution in [3.05, 3.63) is 41.5 Å². The SMILES string of the molecule is CC/C(=C\C(=NC)Nc1ncc(-c2ccnc(Cl)c2)s1)N(C)CCN(C)C. The van der Waals surface area contributed by atoms with E-state index in [1.165, 1.54) is 5.70 Å². The van der Waals surface area contributed by atoms with E-state index in [1.54, 1.807) is 24.6 Å². The van der Waals surface area contributed by atoms with Crippen molar-refractivity contribution in [2.75, 3.05) is 46.6 Å². The Morgan fingerprint density at radius 3 is 2.70 bits per heavy atom. The summed E-state index contributed by atoms with van der Waals surface area (Å²) in [4.78, 5) is 18.3. The molecule has 0 fully saturated rings. The lowest BCUT2D eigenvalue weighted by molar-refractivity contribution is 0.321. The Balaban J connectivity index is 2.10. The highest BCUT2D eigenvalue weighted by Crippen LogP contribution is 2.29. The number of halogens is 1. The molecule has 0 bridgehead atoms. The third kappa shape index (κ3) is 6.61. The van der Waals surface area contributed by atoms with Gasteiger partial charge in [0, 0.05) is 45.3 Å². The lowest BCUT2D eigenvalue weighted by Crippen LogP contribution is -2.28. The van der Waals surface area contributed by atoms with Gasteiger partial charge in [-0.25, -0.2) is 9.97 Å². The fourth-order valence-corrected chi connectivity index (χ4v) is 3.41. The van der Waals surface area contributed by atoms with Crippen molar-refractivity contribution >= 4 is 33.9 Å². The van der Waals surface area contributed by atoms with Gasteiger partial charge in [-0.1, -0.05) is 29.9 Å². The van der Waals surface area contributed by atoms with Crippen molar-refractivity contribution in [3.63, 3.8) is 0 Å². The van der Waals surface area contributed by atoms with Crippen LogP contribution in [0.2, 0.25) is 5.15 Å². The van der Waals surface area contributed by atoms with Crippen LogP contribution in [0.5, 0.6) is 0 Å². The third-order valence-electron chi connectivity index (χ3n) is 4.03. The molecule has 0 aliphatic heterocycles. The summed E-state index contributed by atoms with van der Waals surface area (Å²) in [6.07, 6.45) is 6.55. The maximum atomic E-state index is 5.98. The molecule has 0 saturated heterocycles. The van der Waals surface area contributed by atoms with Gasteiger partial charge in [0.15, 0.2) is 5.13 Å². The summed E-state index contributed by atoms with van der Waals surface area (Å²) < 4.78 is 0. The standard InChI is InChI=1S/C19H27ClN6S/c1-6-15(26(5)10-9-25(3)4)12-18(21-2)24-19-23-13-16(27-19)14-7-8-22-17(20)11-14/h7-8,11-13H,6,9-10H2,1-5H3,(H,21,23,24)/b15-12+. The fraction of sp³-hybridized carbons (Fsp3) is 0.421. The minimum Gasteiger partial charge on any atom is -0.377 e. The van der Waals surface area contributed by atoms with Gasteiger partial charge in [0.05, 0.1) is 4.88 Å². The molecule has 0 aliphatic rings. The number of pyridine rings is 1. The van der Waals surface area contributed by atoms with Crippen molar-refractivity contribution in [3.8, 4) is 10.4 Å². The third-order valence-corrected chi connectivity index (χ3v) is 5.20. The Morgan fingerprint density at radius 2 is 2.07 bits per heavy atom. The topological polar surface area (TPSA) is 56.7 Å². The molecule has 27 heavy (non-hydrogen) atoms. The highest BCUT2D eigenvalue weighted by Gasteiger charge is 2.09. The van der Waals surface area contributed by atoms with Crippen molar-refractivity contribution in [2.24, 2.45) is 4.99 Å². The first kappa shape index (κ1) is 21.3. The fourth-order valence-electron chi connectivity index (χ4n) is 2.42. The van der Waals surface area contributed by atoms with Crippen molar-refractivity contribution in [2.45, 2.75) is 13.3 Å². The number of hydrogen-bond donors (Lipinski definition) is 1. The molecule has 2 heterocycles. The Bertz CT molecular complexity index is 799. The molecule has 2 aromatic heterocycles. The number of amidine groups is 1. The zero-order valence-corrected chi connectivity index (χ0v) is 18.1. The van der Waals surface area contributed by atoms with Crippen LogP contribution in [0.1, 0.15) is 13.3 Å². The molecule has 0 unspecified atom stereocenters. The second-order valence-corrected chi connectivity index (χ2v) is 7.76. The highest BCUT2D eigenvalue weighted by molar-refractivity contribution is 7.19. The Kier molecular flexibility index (Phi) is 8.22. The molecule has 0 amide bonds. The molecule has 1 N–H and O–H groups in total. The molecule has 2 rings (SSSR count). The van der Waals surface area contributed by atoms with Gasteiger partial charge >= 0.3 is 0 Å². The van der Waals surface area contributed by atoms with Crippen molar-refractivity contribution in [1.82, 2.24) is 19.8 Å². The molecule has 0 radical (unpaired) electrons. The van der Waals surface area contributed by atoms with Crippen LogP contribution in [0, 0.1) is 0 Å². The molecule has 2 aromatic rings. The predicted molar refractivity (Wildman–Crippen MR) is 117 cm³/mol. The van der Waals surface area contributed by atoms with Crippen molar-refractivity contribution < 1.29 is 0 Å². The minimum absolute atomic E-state index is 0.475. The summed E-state index contributed by atoms with van der Waals surface area (Å²) in [6.45, 7) is 4.12. The maximum absolute atomic E-state index is 5.98. The average molecular weight is 407 g/mol. The van der Waals surface area contributed by atoms with Gasteiger partial charge in [-0.05, 0) is 44.3 Å². The van der Waals surface area contributed by atoms with Crippen LogP contribution in [0.4, 0.5) is 5.13 Å². The summed E-state index contributed by atoms with van der Waals surface area (Å²) in [6, 6.07) is 3.76. The molecular formula is C19H27ClN6S. The van der Waals surface area contributed by atoms with E-state index in [-0.39, 0.29) is 0 Å². The van der Waals surface area contributed by atoms with Gasteiger partial charge < -0.3 is 15.1 Å². The molecule has 0 saturated carbocycles. The van der Waals surface area contributed by atoms with Crippen LogP contribution in [0.15, 0.2) is 41.3 Å². The summed E-state index contributed by atoms with van der Waals surface area (Å²) in [7, 11) is 8.06. The van der Waals surface area contributed by atoms with Gasteiger partial charge in [0.2, 0.25) is 0 Å². The summed E-state index contributed by atoms with van der Waals surface area (Å²) in [5, 5.41) is 4.58. The molecule has 8 heteroatoms. The molecule has 6 nitrogen and oxygen atoms in total. The zero-order valence-electron chi connectivity index (χ0n) is 16.5. The van der Waals surface area contributed by atoms with Gasteiger partial charge in [0.25, 0.3) is 0 Å². The summed E-state index contributed by atoms with van der Waals surface area (Å²) in [5.74, 6) is 0.789. The van der Waals surface area contributed by atoms with Crippen LogP contribution in [0.3, 0.4) is 0 Å². The predicted octanol–water partition coefficient (Wildman–Crippen LogP) is 4.09. The molecule has 0 atom stereocenters. The van der Waals surface area contributed by atoms with E-state index in [0.29, 0.717) is 5.15 Å². The van der Waals surface area contributed by atoms with E-state index < -0.39 is 0 Å². The number of hydrogen-bond acceptors (Lipinski definition) is 6. The van der Waals surface area contributed by atoms with Crippen LogP contribution in [-0.4, -0.2) is 66.9 Å². The Morgan fingerprint density at radius 1 is 1.30 bits per heavy atom. The van der Waals surface area contributed by atoms with E-state index >= 15 is 0 Å². The van der Waals surface area contributed by atoms with Crippen LogP contribution in [0.25, 0.3) is 10.4 Å². The Labute approximate surface area is 170 Å². The van der Waals surface area contributed by atoms with Crippen LogP contribution >= 0.6 is 22.9 Å². The second-order valence-electron chi connectivity index (χ2n) is 6.34. The van der Waals surface area contributed by atoms with Crippen molar-refractivity contribution in [1.29, 1.82) is 0 Å². The van der Waals surface area contributed by atoms with E-state index in [9.17, 15) is 0 Å². The van der Waals surface area contributed by atoms with Gasteiger partial charge in [-0.2, -0.15) is 0 Å². The highest BCUT2D eigenvalue weighted by atomic mass is 35.5. The van der Waals surface area contributed by atoms with Gasteiger partial charge in [-0.3, -0.25) is 4.99 Å². The van der Waals surface area contributed by atoms with E-state index in [1.807, 2.05) is 18.3 Å². The van der Waals surface area contributed by atoms with Gasteiger partial charge in [-0.15, -0.1) is 0 Å². The first-order chi connectivity index (χ1) is 12.9. The number of rotatable bonds is 8. The largest absolute Gasteiger partial charge is 0.377 e. The average Bonchev–Trinajstić information content (AvgIpc) is 3.11. The number of nitrogens with zero attached hydrogens (tertiary/aromatic N) is 5. The molecular weight excluding hydrogens is 380 g/mol.